The summed E-state index contributed by atoms with van der Waals surface area (Å²) in [5.74, 6) is -2.46. The summed E-state index contributed by atoms with van der Waals surface area (Å²) in [5, 5.41) is 13.5. The van der Waals surface area contributed by atoms with Crippen molar-refractivity contribution in [3.8, 4) is 22.6 Å². The van der Waals surface area contributed by atoms with Crippen molar-refractivity contribution in [2.75, 3.05) is 5.32 Å². The lowest BCUT2D eigenvalue weighted by Gasteiger charge is -2.47. The molecule has 0 aliphatic heterocycles. The summed E-state index contributed by atoms with van der Waals surface area (Å²) in [5.41, 5.74) is 1.31. The minimum atomic E-state index is -0.880. The largest absolute Gasteiger partial charge is 0.481 e. The van der Waals surface area contributed by atoms with Gasteiger partial charge in [-0.25, -0.2) is 23.7 Å². The van der Waals surface area contributed by atoms with Gasteiger partial charge in [0.05, 0.1) is 24.6 Å². The third-order valence-electron chi connectivity index (χ3n) is 7.19. The van der Waals surface area contributed by atoms with Gasteiger partial charge in [0.2, 0.25) is 0 Å². The van der Waals surface area contributed by atoms with Gasteiger partial charge >= 0.3 is 5.97 Å². The van der Waals surface area contributed by atoms with Gasteiger partial charge in [-0.05, 0) is 49.7 Å². The molecule has 0 saturated heterocycles. The normalized spacial score (nSPS) is 23.9. The molecule has 3 N–H and O–H groups in total. The Morgan fingerprint density at radius 3 is 2.71 bits per heavy atom. The van der Waals surface area contributed by atoms with Gasteiger partial charge in [0.25, 0.3) is 0 Å². The van der Waals surface area contributed by atoms with Gasteiger partial charge in [-0.1, -0.05) is 0 Å². The summed E-state index contributed by atoms with van der Waals surface area (Å²) in [6.45, 7) is 0. The number of rotatable bonds is 5. The molecule has 2 atom stereocenters. The highest BCUT2D eigenvalue weighted by Gasteiger charge is 2.47. The first-order valence-electron chi connectivity index (χ1n) is 11.2. The zero-order valence-corrected chi connectivity index (χ0v) is 18.0. The molecular weight excluding hydrogens is 444 g/mol. The molecule has 8 nitrogen and oxygen atoms in total. The number of nitrogens with zero attached hydrogens (tertiary/aromatic N) is 3. The smallest absolute Gasteiger partial charge is 0.308 e. The third-order valence-corrected chi connectivity index (χ3v) is 7.19. The molecule has 0 radical (unpaired) electrons. The number of nitrogens with one attached hydrogen (secondary N) is 2. The van der Waals surface area contributed by atoms with Gasteiger partial charge in [0.15, 0.2) is 17.5 Å². The number of carboxylic acids is 1. The quantitative estimate of drug-likeness (QED) is 0.385. The first-order chi connectivity index (χ1) is 16.5. The molecule has 3 saturated carbocycles. The summed E-state index contributed by atoms with van der Waals surface area (Å²) in [7, 11) is 0. The predicted octanol–water partition coefficient (Wildman–Crippen LogP) is 4.86. The first kappa shape index (κ1) is 20.8. The van der Waals surface area contributed by atoms with E-state index in [0.29, 0.717) is 22.2 Å². The van der Waals surface area contributed by atoms with Crippen LogP contribution >= 0.6 is 0 Å². The van der Waals surface area contributed by atoms with E-state index in [0.717, 1.165) is 31.9 Å². The van der Waals surface area contributed by atoms with E-state index in [1.54, 1.807) is 12.3 Å². The number of halogens is 2. The van der Waals surface area contributed by atoms with E-state index < -0.39 is 29.6 Å². The van der Waals surface area contributed by atoms with Crippen molar-refractivity contribution < 1.29 is 23.1 Å². The number of fused-ring (bicyclic) bond motifs is 4. The van der Waals surface area contributed by atoms with E-state index in [1.165, 1.54) is 18.6 Å². The molecule has 4 heterocycles. The average molecular weight is 465 g/mol. The van der Waals surface area contributed by atoms with E-state index in [2.05, 4.69) is 25.3 Å². The Hall–Kier alpha value is -3.82. The molecule has 4 aromatic rings. The molecule has 0 spiro atoms. The Labute approximate surface area is 192 Å². The lowest BCUT2D eigenvalue weighted by Crippen LogP contribution is -2.51. The van der Waals surface area contributed by atoms with Crippen molar-refractivity contribution >= 4 is 22.8 Å². The number of H-pyrrole nitrogens is 1. The fraction of sp³-hybridized carbons (Fsp3) is 0.333. The summed E-state index contributed by atoms with van der Waals surface area (Å²) in [6.07, 6.45) is 9.00. The maximum absolute atomic E-state index is 15.7. The molecule has 3 aliphatic carbocycles. The second-order valence-corrected chi connectivity index (χ2v) is 9.03. The van der Waals surface area contributed by atoms with Crippen LogP contribution in [0.15, 0.2) is 41.5 Å². The molecule has 174 valence electrons. The van der Waals surface area contributed by atoms with Gasteiger partial charge < -0.3 is 19.8 Å². The number of furan rings is 1. The average Bonchev–Trinajstić information content (AvgIpc) is 3.51. The van der Waals surface area contributed by atoms with E-state index in [4.69, 9.17) is 4.42 Å². The topological polar surface area (TPSA) is 117 Å². The van der Waals surface area contributed by atoms with Crippen LogP contribution in [0.2, 0.25) is 0 Å². The number of hydrogen-bond donors (Lipinski definition) is 3. The number of pyridine rings is 1. The van der Waals surface area contributed by atoms with Crippen LogP contribution in [0, 0.1) is 29.4 Å². The highest BCUT2D eigenvalue weighted by Crippen LogP contribution is 2.46. The Morgan fingerprint density at radius 1 is 1.18 bits per heavy atom. The van der Waals surface area contributed by atoms with Crippen LogP contribution in [0.4, 0.5) is 14.6 Å². The summed E-state index contributed by atoms with van der Waals surface area (Å²) in [4.78, 5) is 27.9. The lowest BCUT2D eigenvalue weighted by molar-refractivity contribution is -0.148. The minimum absolute atomic E-state index is 0.00723. The van der Waals surface area contributed by atoms with Crippen LogP contribution in [-0.2, 0) is 4.79 Å². The first-order valence-corrected chi connectivity index (χ1v) is 11.2. The number of aromatic nitrogens is 4. The van der Waals surface area contributed by atoms with E-state index >= 15 is 4.39 Å². The van der Waals surface area contributed by atoms with Crippen molar-refractivity contribution in [2.45, 2.75) is 31.7 Å². The highest BCUT2D eigenvalue weighted by molar-refractivity contribution is 5.92. The molecule has 0 amide bonds. The molecular formula is C24H21F2N5O3. The second kappa shape index (κ2) is 7.89. The Balaban J connectivity index is 1.49. The number of aliphatic carboxylic acids is 1. The molecule has 34 heavy (non-hydrogen) atoms. The molecule has 7 rings (SSSR count). The van der Waals surface area contributed by atoms with Crippen molar-refractivity contribution in [3.05, 3.63) is 48.7 Å². The number of carbonyl (C=O) groups is 1. The second-order valence-electron chi connectivity index (χ2n) is 9.03. The molecule has 0 aromatic carbocycles. The van der Waals surface area contributed by atoms with Gasteiger partial charge in [-0.2, -0.15) is 0 Å². The van der Waals surface area contributed by atoms with Gasteiger partial charge in [-0.3, -0.25) is 4.79 Å². The van der Waals surface area contributed by atoms with Crippen LogP contribution < -0.4 is 5.32 Å². The third kappa shape index (κ3) is 3.32. The van der Waals surface area contributed by atoms with Crippen molar-refractivity contribution in [1.29, 1.82) is 0 Å². The highest BCUT2D eigenvalue weighted by atomic mass is 19.1. The van der Waals surface area contributed by atoms with E-state index in [1.807, 2.05) is 0 Å². The Kier molecular flexibility index (Phi) is 4.82. The van der Waals surface area contributed by atoms with E-state index in [9.17, 15) is 14.3 Å². The van der Waals surface area contributed by atoms with Gasteiger partial charge in [-0.15, -0.1) is 0 Å². The monoisotopic (exact) mass is 465 g/mol. The minimum Gasteiger partial charge on any atom is -0.481 e. The fourth-order valence-electron chi connectivity index (χ4n) is 5.59. The van der Waals surface area contributed by atoms with Crippen LogP contribution in [-0.4, -0.2) is 37.1 Å². The zero-order chi connectivity index (χ0) is 23.4. The van der Waals surface area contributed by atoms with Crippen LogP contribution in [0.25, 0.3) is 33.7 Å². The zero-order valence-electron chi connectivity index (χ0n) is 18.0. The lowest BCUT2D eigenvalue weighted by atomic mass is 9.61. The van der Waals surface area contributed by atoms with Crippen molar-refractivity contribution in [2.24, 2.45) is 17.8 Å². The number of carboxylic acid groups (broad SMARTS) is 1. The maximum Gasteiger partial charge on any atom is 0.308 e. The number of anilines is 1. The molecule has 2 bridgehead atoms. The summed E-state index contributed by atoms with van der Waals surface area (Å²) in [6, 6.07) is 2.45. The van der Waals surface area contributed by atoms with Crippen molar-refractivity contribution in [1.82, 2.24) is 19.9 Å². The standard InChI is InChI=1S/C24H21F2N5O3/c25-14-7-15-16(9-28-21(15)27-8-14)22-30-20(13-5-6-34-10-13)18(26)23(31-22)29-19-12-3-1-11(2-4-12)17(19)24(32)33/h5-12,17,19H,1-4H2,(H,27,28)(H,32,33)(H,29,30,31). The SMILES string of the molecule is O=C(O)C1C2CCC(CC2)C1Nc1nc(-c2c[nH]c3ncc(F)cc23)nc(-c2ccoc2)c1F. The van der Waals surface area contributed by atoms with Crippen LogP contribution in [0.5, 0.6) is 0 Å². The van der Waals surface area contributed by atoms with Crippen LogP contribution in [0.1, 0.15) is 25.7 Å². The van der Waals surface area contributed by atoms with Crippen LogP contribution in [0.3, 0.4) is 0 Å². The maximum atomic E-state index is 15.7. The van der Waals surface area contributed by atoms with Gasteiger partial charge in [0, 0.05) is 28.8 Å². The summed E-state index contributed by atoms with van der Waals surface area (Å²) >= 11 is 0. The fourth-order valence-corrected chi connectivity index (χ4v) is 5.59. The predicted molar refractivity (Wildman–Crippen MR) is 119 cm³/mol. The molecule has 4 aromatic heterocycles. The molecule has 10 heteroatoms. The van der Waals surface area contributed by atoms with E-state index in [-0.39, 0.29) is 29.2 Å². The number of aromatic amines is 1. The molecule has 3 aliphatic rings. The number of hydrogen-bond acceptors (Lipinski definition) is 6. The summed E-state index contributed by atoms with van der Waals surface area (Å²) < 4.78 is 34.7. The Bertz CT molecular complexity index is 1380. The Morgan fingerprint density at radius 2 is 1.97 bits per heavy atom. The molecule has 2 unspecified atom stereocenters. The van der Waals surface area contributed by atoms with Gasteiger partial charge in [0.1, 0.15) is 17.2 Å². The molecule has 3 fully saturated rings. The van der Waals surface area contributed by atoms with Crippen molar-refractivity contribution in [3.63, 3.8) is 0 Å².